The van der Waals surface area contributed by atoms with E-state index in [1.54, 1.807) is 6.08 Å². The molecule has 142 valence electrons. The minimum absolute atomic E-state index is 0.414. The molecule has 0 fully saturated rings. The van der Waals surface area contributed by atoms with Gasteiger partial charge in [0.05, 0.1) is 11.0 Å². The third-order valence-electron chi connectivity index (χ3n) is 4.53. The molecule has 0 aliphatic carbocycles. The number of nitrogens with two attached hydrogens (primary N) is 1. The number of anilines is 1. The van der Waals surface area contributed by atoms with E-state index in [9.17, 15) is 4.79 Å². The summed E-state index contributed by atoms with van der Waals surface area (Å²) in [5.41, 5.74) is 9.53. The summed E-state index contributed by atoms with van der Waals surface area (Å²) in [6.07, 6.45) is 5.78. The molecule has 1 aromatic carbocycles. The van der Waals surface area contributed by atoms with Crippen LogP contribution in [-0.4, -0.2) is 25.6 Å². The van der Waals surface area contributed by atoms with Crippen LogP contribution < -0.4 is 5.73 Å². The lowest BCUT2D eigenvalue weighted by Crippen LogP contribution is -2.09. The highest BCUT2D eigenvalue weighted by atomic mass is 16.4. The zero-order chi connectivity index (χ0) is 19.6. The molecule has 0 amide bonds. The minimum Gasteiger partial charge on any atom is -0.478 e. The van der Waals surface area contributed by atoms with Gasteiger partial charge in [0.2, 0.25) is 0 Å². The van der Waals surface area contributed by atoms with Gasteiger partial charge in [-0.15, -0.1) is 0 Å². The van der Waals surface area contributed by atoms with Gasteiger partial charge in [-0.1, -0.05) is 39.3 Å². The summed E-state index contributed by atoms with van der Waals surface area (Å²) in [7, 11) is 0. The predicted molar refractivity (Wildman–Crippen MR) is 110 cm³/mol. The number of imidazole rings is 1. The van der Waals surface area contributed by atoms with Crippen LogP contribution in [0.15, 0.2) is 24.3 Å². The van der Waals surface area contributed by atoms with Gasteiger partial charge in [0.15, 0.2) is 5.82 Å². The number of hydrogen-bond donors (Lipinski definition) is 2. The zero-order valence-corrected chi connectivity index (χ0v) is 16.1. The molecule has 0 aliphatic rings. The quantitative estimate of drug-likeness (QED) is 0.609. The van der Waals surface area contributed by atoms with Crippen molar-refractivity contribution in [2.24, 2.45) is 5.92 Å². The number of hydrogen-bond acceptors (Lipinski definition) is 4. The average molecular weight is 366 g/mol. The molecule has 0 radical (unpaired) electrons. The maximum atomic E-state index is 10.8. The van der Waals surface area contributed by atoms with Crippen molar-refractivity contribution in [3.8, 4) is 0 Å². The van der Waals surface area contributed by atoms with Crippen LogP contribution >= 0.6 is 0 Å². The van der Waals surface area contributed by atoms with E-state index < -0.39 is 5.97 Å². The van der Waals surface area contributed by atoms with E-state index in [-0.39, 0.29) is 0 Å². The summed E-state index contributed by atoms with van der Waals surface area (Å²) in [5.74, 6) is 0.965. The Hall–Kier alpha value is -2.89. The number of aliphatic carboxylic acids is 1. The first-order chi connectivity index (χ1) is 12.9. The van der Waals surface area contributed by atoms with Gasteiger partial charge in [0.1, 0.15) is 11.3 Å². The molecule has 2 heterocycles. The van der Waals surface area contributed by atoms with Gasteiger partial charge < -0.3 is 15.4 Å². The number of aromatic nitrogens is 3. The van der Waals surface area contributed by atoms with Gasteiger partial charge in [-0.3, -0.25) is 0 Å². The Morgan fingerprint density at radius 2 is 2.11 bits per heavy atom. The van der Waals surface area contributed by atoms with Crippen LogP contribution in [0.2, 0.25) is 0 Å². The molecule has 0 bridgehead atoms. The highest BCUT2D eigenvalue weighted by Gasteiger charge is 2.17. The van der Waals surface area contributed by atoms with Crippen molar-refractivity contribution in [3.63, 3.8) is 0 Å². The van der Waals surface area contributed by atoms with E-state index in [1.807, 2.05) is 18.2 Å². The van der Waals surface area contributed by atoms with Gasteiger partial charge in [-0.25, -0.2) is 14.8 Å². The molecule has 0 spiro atoms. The molecule has 0 aliphatic heterocycles. The molecule has 6 heteroatoms. The predicted octanol–water partition coefficient (Wildman–Crippen LogP) is 4.26. The van der Waals surface area contributed by atoms with Gasteiger partial charge in [-0.2, -0.15) is 0 Å². The topological polar surface area (TPSA) is 94.0 Å². The Balaban J connectivity index is 2.24. The molecule has 0 unspecified atom stereocenters. The Bertz CT molecular complexity index is 1020. The number of carboxylic acid groups (broad SMARTS) is 1. The monoisotopic (exact) mass is 366 g/mol. The Kier molecular flexibility index (Phi) is 5.44. The fourth-order valence-corrected chi connectivity index (χ4v) is 3.33. The summed E-state index contributed by atoms with van der Waals surface area (Å²) in [5, 5.41) is 9.82. The third-order valence-corrected chi connectivity index (χ3v) is 4.53. The molecule has 3 N–H and O–H groups in total. The van der Waals surface area contributed by atoms with Gasteiger partial charge in [0, 0.05) is 24.4 Å². The molecule has 0 saturated carbocycles. The van der Waals surface area contributed by atoms with Crippen molar-refractivity contribution < 1.29 is 9.90 Å². The van der Waals surface area contributed by atoms with E-state index in [0.29, 0.717) is 11.7 Å². The second kappa shape index (κ2) is 7.78. The van der Waals surface area contributed by atoms with Crippen LogP contribution in [0.5, 0.6) is 0 Å². The highest BCUT2D eigenvalue weighted by molar-refractivity contribution is 6.07. The molecular weight excluding hydrogens is 340 g/mol. The third kappa shape index (κ3) is 3.94. The first-order valence-electron chi connectivity index (χ1n) is 9.40. The number of nitrogens with zero attached hydrogens (tertiary/aromatic N) is 3. The SMILES string of the molecule is CCCCc1nc2c(N)nc3cc(/C=C/C(=O)O)ccc3c2n1CC(C)C. The van der Waals surface area contributed by atoms with Crippen LogP contribution in [0.1, 0.15) is 45.0 Å². The van der Waals surface area contributed by atoms with Crippen molar-refractivity contribution in [1.29, 1.82) is 0 Å². The number of nitrogen functional groups attached to an aromatic ring is 1. The van der Waals surface area contributed by atoms with Crippen molar-refractivity contribution in [2.75, 3.05) is 5.73 Å². The molecular formula is C21H26N4O2. The number of aryl methyl sites for hydroxylation is 1. The van der Waals surface area contributed by atoms with Crippen molar-refractivity contribution in [3.05, 3.63) is 35.7 Å². The molecule has 6 nitrogen and oxygen atoms in total. The van der Waals surface area contributed by atoms with Crippen molar-refractivity contribution in [2.45, 2.75) is 46.6 Å². The summed E-state index contributed by atoms with van der Waals surface area (Å²) >= 11 is 0. The fraction of sp³-hybridized carbons (Fsp3) is 0.381. The van der Waals surface area contributed by atoms with Crippen molar-refractivity contribution in [1.82, 2.24) is 14.5 Å². The smallest absolute Gasteiger partial charge is 0.328 e. The number of unbranched alkanes of at least 4 members (excludes halogenated alkanes) is 1. The number of fused-ring (bicyclic) bond motifs is 3. The molecule has 0 atom stereocenters. The van der Waals surface area contributed by atoms with Gasteiger partial charge in [0.25, 0.3) is 0 Å². The number of rotatable bonds is 7. The second-order valence-corrected chi connectivity index (χ2v) is 7.28. The van der Waals surface area contributed by atoms with E-state index in [0.717, 1.165) is 65.2 Å². The molecule has 3 rings (SSSR count). The van der Waals surface area contributed by atoms with Crippen molar-refractivity contribution >= 4 is 39.8 Å². The lowest BCUT2D eigenvalue weighted by atomic mass is 10.1. The first kappa shape index (κ1) is 18.9. The highest BCUT2D eigenvalue weighted by Crippen LogP contribution is 2.30. The lowest BCUT2D eigenvalue weighted by molar-refractivity contribution is -0.131. The Labute approximate surface area is 158 Å². The lowest BCUT2D eigenvalue weighted by Gasteiger charge is -2.13. The standard InChI is InChI=1S/C21H26N4O2/c1-4-5-6-17-24-19-20(25(17)12-13(2)3)15-9-7-14(8-10-18(26)27)11-16(15)23-21(19)22/h7-11,13H,4-6,12H2,1-3H3,(H2,22,23)(H,26,27)/b10-8+. The second-order valence-electron chi connectivity index (χ2n) is 7.28. The number of benzene rings is 1. The zero-order valence-electron chi connectivity index (χ0n) is 16.1. The van der Waals surface area contributed by atoms with Crippen LogP contribution in [0.4, 0.5) is 5.82 Å². The molecule has 27 heavy (non-hydrogen) atoms. The van der Waals surface area contributed by atoms with E-state index in [2.05, 4.69) is 30.3 Å². The summed E-state index contributed by atoms with van der Waals surface area (Å²) < 4.78 is 2.28. The fourth-order valence-electron chi connectivity index (χ4n) is 3.33. The minimum atomic E-state index is -0.978. The van der Waals surface area contributed by atoms with Crippen LogP contribution in [0, 0.1) is 5.92 Å². The molecule has 3 aromatic rings. The van der Waals surface area contributed by atoms with Gasteiger partial charge in [-0.05, 0) is 30.0 Å². The number of pyridine rings is 1. The summed E-state index contributed by atoms with van der Waals surface area (Å²) in [6.45, 7) is 7.43. The normalized spacial score (nSPS) is 12.0. The van der Waals surface area contributed by atoms with Gasteiger partial charge >= 0.3 is 5.97 Å². The maximum absolute atomic E-state index is 10.8. The first-order valence-corrected chi connectivity index (χ1v) is 9.40. The molecule has 2 aromatic heterocycles. The summed E-state index contributed by atoms with van der Waals surface area (Å²) in [6, 6.07) is 5.74. The number of carboxylic acids is 1. The maximum Gasteiger partial charge on any atom is 0.328 e. The molecule has 0 saturated heterocycles. The average Bonchev–Trinajstić information content (AvgIpc) is 2.96. The largest absolute Gasteiger partial charge is 0.478 e. The van der Waals surface area contributed by atoms with Crippen LogP contribution in [0.3, 0.4) is 0 Å². The van der Waals surface area contributed by atoms with Crippen LogP contribution in [0.25, 0.3) is 28.0 Å². The van der Waals surface area contributed by atoms with E-state index in [1.165, 1.54) is 0 Å². The van der Waals surface area contributed by atoms with E-state index >= 15 is 0 Å². The summed E-state index contributed by atoms with van der Waals surface area (Å²) in [4.78, 5) is 20.1. The van der Waals surface area contributed by atoms with Crippen LogP contribution in [-0.2, 0) is 17.8 Å². The Morgan fingerprint density at radius 3 is 2.78 bits per heavy atom. The Morgan fingerprint density at radius 1 is 1.33 bits per heavy atom. The van der Waals surface area contributed by atoms with E-state index in [4.69, 9.17) is 15.8 Å². The number of carbonyl (C=O) groups is 1.